The fraction of sp³-hybridized carbons (Fsp3) is 0.538. The van der Waals surface area contributed by atoms with E-state index in [-0.39, 0.29) is 6.04 Å². The average Bonchev–Trinajstić information content (AvgIpc) is 2.29. The standard InChI is InChI=1S/C13H20BrNO/c1-3-4-5-6-12(15)11-9-10(14)7-8-13(11)16-2/h7-9,12H,3-6,15H2,1-2H3/t12-/m0/s1. The zero-order valence-corrected chi connectivity index (χ0v) is 11.6. The van der Waals surface area contributed by atoms with Crippen LogP contribution in [-0.2, 0) is 0 Å². The maximum absolute atomic E-state index is 6.18. The van der Waals surface area contributed by atoms with Crippen molar-refractivity contribution in [1.29, 1.82) is 0 Å². The van der Waals surface area contributed by atoms with Crippen LogP contribution >= 0.6 is 15.9 Å². The summed E-state index contributed by atoms with van der Waals surface area (Å²) in [7, 11) is 1.69. The zero-order chi connectivity index (χ0) is 12.0. The quantitative estimate of drug-likeness (QED) is 0.801. The molecule has 1 rings (SSSR count). The summed E-state index contributed by atoms with van der Waals surface area (Å²) in [5.74, 6) is 0.882. The first-order valence-electron chi connectivity index (χ1n) is 5.78. The number of halogens is 1. The maximum Gasteiger partial charge on any atom is 0.123 e. The number of ether oxygens (including phenoxy) is 1. The number of methoxy groups -OCH3 is 1. The number of hydrogen-bond acceptors (Lipinski definition) is 2. The molecule has 0 saturated heterocycles. The topological polar surface area (TPSA) is 35.2 Å². The van der Waals surface area contributed by atoms with Crippen LogP contribution in [0.25, 0.3) is 0 Å². The third-order valence-corrected chi connectivity index (χ3v) is 3.20. The molecule has 0 amide bonds. The molecule has 0 fully saturated rings. The van der Waals surface area contributed by atoms with Gasteiger partial charge in [0.2, 0.25) is 0 Å². The molecule has 0 unspecified atom stereocenters. The van der Waals surface area contributed by atoms with Gasteiger partial charge in [-0.2, -0.15) is 0 Å². The van der Waals surface area contributed by atoms with E-state index in [1.165, 1.54) is 19.3 Å². The second kappa shape index (κ2) is 6.92. The van der Waals surface area contributed by atoms with E-state index in [4.69, 9.17) is 10.5 Å². The van der Waals surface area contributed by atoms with Crippen molar-refractivity contribution >= 4 is 15.9 Å². The predicted molar refractivity (Wildman–Crippen MR) is 71.8 cm³/mol. The van der Waals surface area contributed by atoms with Gasteiger partial charge in [-0.3, -0.25) is 0 Å². The van der Waals surface area contributed by atoms with Crippen LogP contribution in [0.4, 0.5) is 0 Å². The van der Waals surface area contributed by atoms with Gasteiger partial charge < -0.3 is 10.5 Å². The fourth-order valence-electron chi connectivity index (χ4n) is 1.76. The average molecular weight is 286 g/mol. The lowest BCUT2D eigenvalue weighted by molar-refractivity contribution is 0.403. The first kappa shape index (κ1) is 13.5. The van der Waals surface area contributed by atoms with Gasteiger partial charge in [0.1, 0.15) is 5.75 Å². The second-order valence-electron chi connectivity index (χ2n) is 3.99. The van der Waals surface area contributed by atoms with E-state index in [0.717, 1.165) is 22.2 Å². The van der Waals surface area contributed by atoms with Crippen molar-refractivity contribution < 1.29 is 4.74 Å². The predicted octanol–water partition coefficient (Wildman–Crippen LogP) is 4.04. The van der Waals surface area contributed by atoms with E-state index >= 15 is 0 Å². The molecule has 0 saturated carbocycles. The van der Waals surface area contributed by atoms with E-state index in [9.17, 15) is 0 Å². The number of nitrogens with two attached hydrogens (primary N) is 1. The van der Waals surface area contributed by atoms with Crippen LogP contribution in [0.15, 0.2) is 22.7 Å². The Bertz CT molecular complexity index is 328. The monoisotopic (exact) mass is 285 g/mol. The van der Waals surface area contributed by atoms with Gasteiger partial charge in [-0.05, 0) is 24.6 Å². The summed E-state index contributed by atoms with van der Waals surface area (Å²) in [5, 5.41) is 0. The van der Waals surface area contributed by atoms with Gasteiger partial charge in [0, 0.05) is 16.1 Å². The van der Waals surface area contributed by atoms with Crippen LogP contribution in [0.5, 0.6) is 5.75 Å². The van der Waals surface area contributed by atoms with Gasteiger partial charge in [0.05, 0.1) is 7.11 Å². The third-order valence-electron chi connectivity index (χ3n) is 2.71. The first-order chi connectivity index (χ1) is 7.69. The fourth-order valence-corrected chi connectivity index (χ4v) is 2.14. The molecule has 2 N–H and O–H groups in total. The van der Waals surface area contributed by atoms with Crippen LogP contribution in [-0.4, -0.2) is 7.11 Å². The molecule has 1 aromatic rings. The number of hydrogen-bond donors (Lipinski definition) is 1. The van der Waals surface area contributed by atoms with Crippen LogP contribution < -0.4 is 10.5 Å². The SMILES string of the molecule is CCCCC[C@H](N)c1cc(Br)ccc1OC. The lowest BCUT2D eigenvalue weighted by atomic mass is 10.0. The van der Waals surface area contributed by atoms with Crippen LogP contribution in [0.2, 0.25) is 0 Å². The zero-order valence-electron chi connectivity index (χ0n) is 10.0. The molecule has 0 bridgehead atoms. The number of benzene rings is 1. The summed E-state index contributed by atoms with van der Waals surface area (Å²) >= 11 is 3.46. The molecule has 3 heteroatoms. The Labute approximate surface area is 106 Å². The molecule has 0 aromatic heterocycles. The molecule has 2 nitrogen and oxygen atoms in total. The minimum Gasteiger partial charge on any atom is -0.496 e. The van der Waals surface area contributed by atoms with E-state index in [2.05, 4.69) is 28.9 Å². The van der Waals surface area contributed by atoms with E-state index in [1.807, 2.05) is 12.1 Å². The molecule has 0 aliphatic rings. The highest BCUT2D eigenvalue weighted by molar-refractivity contribution is 9.10. The minimum atomic E-state index is 0.0685. The van der Waals surface area contributed by atoms with Gasteiger partial charge in [0.25, 0.3) is 0 Å². The van der Waals surface area contributed by atoms with Gasteiger partial charge in [-0.25, -0.2) is 0 Å². The van der Waals surface area contributed by atoms with Crippen molar-refractivity contribution in [2.75, 3.05) is 7.11 Å². The van der Waals surface area contributed by atoms with E-state index in [0.29, 0.717) is 0 Å². The van der Waals surface area contributed by atoms with Gasteiger partial charge >= 0.3 is 0 Å². The summed E-state index contributed by atoms with van der Waals surface area (Å²) < 4.78 is 6.38. The van der Waals surface area contributed by atoms with Crippen molar-refractivity contribution in [3.63, 3.8) is 0 Å². The first-order valence-corrected chi connectivity index (χ1v) is 6.57. The van der Waals surface area contributed by atoms with Crippen molar-refractivity contribution in [3.05, 3.63) is 28.2 Å². The molecule has 0 spiro atoms. The molecule has 0 aliphatic carbocycles. The molecule has 16 heavy (non-hydrogen) atoms. The molecular weight excluding hydrogens is 266 g/mol. The lowest BCUT2D eigenvalue weighted by Crippen LogP contribution is -2.11. The summed E-state index contributed by atoms with van der Waals surface area (Å²) in [5.41, 5.74) is 7.27. The minimum absolute atomic E-state index is 0.0685. The number of unbranched alkanes of at least 4 members (excludes halogenated alkanes) is 2. The molecule has 1 aromatic carbocycles. The van der Waals surface area contributed by atoms with E-state index < -0.39 is 0 Å². The summed E-state index contributed by atoms with van der Waals surface area (Å²) in [6, 6.07) is 6.05. The highest BCUT2D eigenvalue weighted by atomic mass is 79.9. The van der Waals surface area contributed by atoms with Crippen molar-refractivity contribution in [1.82, 2.24) is 0 Å². The second-order valence-corrected chi connectivity index (χ2v) is 4.90. The van der Waals surface area contributed by atoms with Crippen LogP contribution in [0.3, 0.4) is 0 Å². The largest absolute Gasteiger partial charge is 0.496 e. The summed E-state index contributed by atoms with van der Waals surface area (Å²) in [6.07, 6.45) is 4.65. The summed E-state index contributed by atoms with van der Waals surface area (Å²) in [4.78, 5) is 0. The Morgan fingerprint density at radius 3 is 2.75 bits per heavy atom. The Kier molecular flexibility index (Phi) is 5.85. The van der Waals surface area contributed by atoms with Gasteiger partial charge in [-0.15, -0.1) is 0 Å². The molecule has 90 valence electrons. The van der Waals surface area contributed by atoms with Gasteiger partial charge in [0.15, 0.2) is 0 Å². The summed E-state index contributed by atoms with van der Waals surface area (Å²) in [6.45, 7) is 2.20. The molecule has 0 aliphatic heterocycles. The number of rotatable bonds is 6. The molecule has 0 radical (unpaired) electrons. The Morgan fingerprint density at radius 2 is 2.12 bits per heavy atom. The highest BCUT2D eigenvalue weighted by Crippen LogP contribution is 2.29. The lowest BCUT2D eigenvalue weighted by Gasteiger charge is -2.15. The molecule has 1 atom stereocenters. The van der Waals surface area contributed by atoms with Crippen LogP contribution in [0.1, 0.15) is 44.2 Å². The van der Waals surface area contributed by atoms with Gasteiger partial charge in [-0.1, -0.05) is 42.1 Å². The maximum atomic E-state index is 6.18. The van der Waals surface area contributed by atoms with Crippen molar-refractivity contribution in [3.8, 4) is 5.75 Å². The highest BCUT2D eigenvalue weighted by Gasteiger charge is 2.11. The Balaban J connectivity index is 2.72. The Hall–Kier alpha value is -0.540. The third kappa shape index (κ3) is 3.80. The molecular formula is C13H20BrNO. The van der Waals surface area contributed by atoms with Crippen molar-refractivity contribution in [2.45, 2.75) is 38.6 Å². The Morgan fingerprint density at radius 1 is 1.38 bits per heavy atom. The van der Waals surface area contributed by atoms with Crippen LogP contribution in [0, 0.1) is 0 Å². The van der Waals surface area contributed by atoms with Crippen molar-refractivity contribution in [2.24, 2.45) is 5.73 Å². The molecule has 0 heterocycles. The normalized spacial score (nSPS) is 12.5. The smallest absolute Gasteiger partial charge is 0.123 e. The van der Waals surface area contributed by atoms with E-state index in [1.54, 1.807) is 7.11 Å².